The second kappa shape index (κ2) is 7.64. The molecular weight excluding hydrogens is 280 g/mol. The van der Waals surface area contributed by atoms with E-state index in [1.165, 1.54) is 18.1 Å². The molecule has 5 heteroatoms. The number of hydrogen-bond acceptors (Lipinski definition) is 3. The van der Waals surface area contributed by atoms with Crippen LogP contribution in [0.25, 0.3) is 10.9 Å². The number of para-hydroxylation sites is 1. The molecule has 0 atom stereocenters. The summed E-state index contributed by atoms with van der Waals surface area (Å²) in [5, 5.41) is 1.20. The van der Waals surface area contributed by atoms with Gasteiger partial charge in [-0.3, -0.25) is 9.59 Å². The normalized spacial score (nSPS) is 10.6. The van der Waals surface area contributed by atoms with Crippen molar-refractivity contribution < 1.29 is 14.3 Å². The first-order valence-corrected chi connectivity index (χ1v) is 7.47. The highest BCUT2D eigenvalue weighted by molar-refractivity contribution is 5.83. The molecule has 0 aliphatic heterocycles. The molecule has 1 aromatic carbocycles. The molecule has 1 amide bonds. The molecule has 22 heavy (non-hydrogen) atoms. The van der Waals surface area contributed by atoms with Crippen molar-refractivity contribution in [1.82, 2.24) is 9.88 Å². The molecule has 0 unspecified atom stereocenters. The molecule has 2 aromatic rings. The van der Waals surface area contributed by atoms with Crippen LogP contribution >= 0.6 is 0 Å². The molecule has 2 rings (SSSR count). The van der Waals surface area contributed by atoms with Gasteiger partial charge >= 0.3 is 5.97 Å². The summed E-state index contributed by atoms with van der Waals surface area (Å²) in [5.41, 5.74) is 2.33. The van der Waals surface area contributed by atoms with Crippen molar-refractivity contribution in [3.05, 3.63) is 36.0 Å². The zero-order chi connectivity index (χ0) is 15.9. The largest absolute Gasteiger partial charge is 0.469 e. The lowest BCUT2D eigenvalue weighted by atomic mass is 10.1. The van der Waals surface area contributed by atoms with E-state index < -0.39 is 0 Å². The number of ether oxygens (including phenoxy) is 1. The van der Waals surface area contributed by atoms with Gasteiger partial charge < -0.3 is 14.6 Å². The number of aromatic amines is 1. The van der Waals surface area contributed by atoms with Crippen molar-refractivity contribution in [1.29, 1.82) is 0 Å². The summed E-state index contributed by atoms with van der Waals surface area (Å²) in [4.78, 5) is 28.0. The van der Waals surface area contributed by atoms with Gasteiger partial charge in [-0.15, -0.1) is 0 Å². The maximum Gasteiger partial charge on any atom is 0.305 e. The average Bonchev–Trinajstić information content (AvgIpc) is 2.95. The minimum Gasteiger partial charge on any atom is -0.469 e. The molecule has 118 valence electrons. The second-order valence-corrected chi connectivity index (χ2v) is 5.35. The molecular formula is C17H22N2O3. The van der Waals surface area contributed by atoms with Crippen LogP contribution in [0.5, 0.6) is 0 Å². The van der Waals surface area contributed by atoms with Gasteiger partial charge in [0.2, 0.25) is 5.91 Å². The minimum absolute atomic E-state index is 0.0590. The summed E-state index contributed by atoms with van der Waals surface area (Å²) >= 11 is 0. The van der Waals surface area contributed by atoms with Gasteiger partial charge in [0.25, 0.3) is 0 Å². The molecule has 0 bridgehead atoms. The average molecular weight is 302 g/mol. The van der Waals surface area contributed by atoms with Gasteiger partial charge in [0.15, 0.2) is 0 Å². The molecule has 1 heterocycles. The molecule has 1 N–H and O–H groups in total. The highest BCUT2D eigenvalue weighted by Gasteiger charge is 2.11. The van der Waals surface area contributed by atoms with Crippen LogP contribution < -0.4 is 0 Å². The van der Waals surface area contributed by atoms with Gasteiger partial charge in [-0.05, 0) is 24.5 Å². The lowest BCUT2D eigenvalue weighted by Gasteiger charge is -2.16. The van der Waals surface area contributed by atoms with Crippen LogP contribution in [-0.4, -0.2) is 42.5 Å². The Hall–Kier alpha value is -2.30. The lowest BCUT2D eigenvalue weighted by Crippen LogP contribution is -2.28. The quantitative estimate of drug-likeness (QED) is 0.799. The topological polar surface area (TPSA) is 62.4 Å². The van der Waals surface area contributed by atoms with Crippen LogP contribution in [0.1, 0.15) is 24.8 Å². The first-order chi connectivity index (χ1) is 10.6. The molecule has 0 saturated heterocycles. The molecule has 0 radical (unpaired) electrons. The monoisotopic (exact) mass is 302 g/mol. The number of esters is 1. The summed E-state index contributed by atoms with van der Waals surface area (Å²) in [6.07, 6.45) is 4.00. The first kappa shape index (κ1) is 16.1. The summed E-state index contributed by atoms with van der Waals surface area (Å²) in [5.74, 6) is -0.210. The van der Waals surface area contributed by atoms with Crippen molar-refractivity contribution in [2.45, 2.75) is 25.7 Å². The molecule has 0 saturated carbocycles. The fourth-order valence-corrected chi connectivity index (χ4v) is 2.43. The highest BCUT2D eigenvalue weighted by atomic mass is 16.5. The highest BCUT2D eigenvalue weighted by Crippen LogP contribution is 2.18. The predicted octanol–water partition coefficient (Wildman–Crippen LogP) is 2.51. The van der Waals surface area contributed by atoms with Crippen LogP contribution in [0.3, 0.4) is 0 Å². The van der Waals surface area contributed by atoms with Crippen molar-refractivity contribution in [3.8, 4) is 0 Å². The van der Waals surface area contributed by atoms with Gasteiger partial charge in [-0.25, -0.2) is 0 Å². The van der Waals surface area contributed by atoms with Gasteiger partial charge in [0, 0.05) is 43.5 Å². The molecule has 5 nitrogen and oxygen atoms in total. The Morgan fingerprint density at radius 2 is 2.00 bits per heavy atom. The van der Waals surface area contributed by atoms with Crippen molar-refractivity contribution >= 4 is 22.8 Å². The van der Waals surface area contributed by atoms with E-state index in [-0.39, 0.29) is 11.9 Å². The predicted molar refractivity (Wildman–Crippen MR) is 85.5 cm³/mol. The molecule has 0 aliphatic carbocycles. The van der Waals surface area contributed by atoms with Crippen LogP contribution in [0, 0.1) is 0 Å². The number of likely N-dealkylation sites (N-methyl/N-ethyl adjacent to an activating group) is 1. The van der Waals surface area contributed by atoms with Crippen molar-refractivity contribution in [3.63, 3.8) is 0 Å². The van der Waals surface area contributed by atoms with E-state index in [1.807, 2.05) is 24.4 Å². The Labute approximate surface area is 130 Å². The number of benzene rings is 1. The Morgan fingerprint density at radius 3 is 2.77 bits per heavy atom. The number of H-pyrrole nitrogens is 1. The van der Waals surface area contributed by atoms with E-state index in [4.69, 9.17) is 0 Å². The second-order valence-electron chi connectivity index (χ2n) is 5.35. The van der Waals surface area contributed by atoms with Crippen LogP contribution in [-0.2, 0) is 20.7 Å². The zero-order valence-electron chi connectivity index (χ0n) is 13.1. The van der Waals surface area contributed by atoms with Gasteiger partial charge in [-0.1, -0.05) is 18.2 Å². The maximum atomic E-state index is 12.0. The SMILES string of the molecule is COC(=O)CCCC(=O)N(C)CCc1c[nH]c2ccccc12. The molecule has 0 fully saturated rings. The number of fused-ring (bicyclic) bond motifs is 1. The summed E-state index contributed by atoms with van der Waals surface area (Å²) in [7, 11) is 3.16. The Kier molecular flexibility index (Phi) is 5.58. The number of nitrogens with one attached hydrogen (secondary N) is 1. The smallest absolute Gasteiger partial charge is 0.305 e. The van der Waals surface area contributed by atoms with Gasteiger partial charge in [0.1, 0.15) is 0 Å². The number of hydrogen-bond donors (Lipinski definition) is 1. The minimum atomic E-state index is -0.269. The maximum absolute atomic E-state index is 12.0. The molecule has 0 aliphatic rings. The van der Waals surface area contributed by atoms with Crippen LogP contribution in [0.2, 0.25) is 0 Å². The summed E-state index contributed by atoms with van der Waals surface area (Å²) < 4.78 is 4.56. The number of methoxy groups -OCH3 is 1. The number of aromatic nitrogens is 1. The first-order valence-electron chi connectivity index (χ1n) is 7.47. The Morgan fingerprint density at radius 1 is 1.23 bits per heavy atom. The Bertz CT molecular complexity index is 648. The number of rotatable bonds is 7. The molecule has 0 spiro atoms. The summed E-state index contributed by atoms with van der Waals surface area (Å²) in [6.45, 7) is 0.666. The van der Waals surface area contributed by atoms with E-state index in [2.05, 4.69) is 15.8 Å². The van der Waals surface area contributed by atoms with Gasteiger partial charge in [0.05, 0.1) is 7.11 Å². The third kappa shape index (κ3) is 4.10. The number of carbonyl (C=O) groups excluding carboxylic acids is 2. The van der Waals surface area contributed by atoms with Crippen LogP contribution in [0.4, 0.5) is 0 Å². The number of amides is 1. The van der Waals surface area contributed by atoms with Gasteiger partial charge in [-0.2, -0.15) is 0 Å². The van der Waals surface area contributed by atoms with Crippen molar-refractivity contribution in [2.24, 2.45) is 0 Å². The van der Waals surface area contributed by atoms with E-state index in [0.29, 0.717) is 25.8 Å². The number of nitrogens with zero attached hydrogens (tertiary/aromatic N) is 1. The Balaban J connectivity index is 1.80. The van der Waals surface area contributed by atoms with Crippen molar-refractivity contribution in [2.75, 3.05) is 20.7 Å². The number of carbonyl (C=O) groups is 2. The summed E-state index contributed by atoms with van der Waals surface area (Å²) in [6, 6.07) is 8.14. The fraction of sp³-hybridized carbons (Fsp3) is 0.412. The van der Waals surface area contributed by atoms with E-state index >= 15 is 0 Å². The lowest BCUT2D eigenvalue weighted by molar-refractivity contribution is -0.140. The zero-order valence-corrected chi connectivity index (χ0v) is 13.1. The van der Waals surface area contributed by atoms with E-state index in [9.17, 15) is 9.59 Å². The van der Waals surface area contributed by atoms with E-state index in [1.54, 1.807) is 11.9 Å². The third-order valence-electron chi connectivity index (χ3n) is 3.82. The third-order valence-corrected chi connectivity index (χ3v) is 3.82. The van der Waals surface area contributed by atoms with Crippen LogP contribution in [0.15, 0.2) is 30.5 Å². The fourth-order valence-electron chi connectivity index (χ4n) is 2.43. The standard InChI is InChI=1S/C17H22N2O3/c1-19(16(20)8-5-9-17(21)22-2)11-10-13-12-18-15-7-4-3-6-14(13)15/h3-4,6-7,12,18H,5,8-11H2,1-2H3. The molecule has 1 aromatic heterocycles. The van der Waals surface area contributed by atoms with E-state index in [0.717, 1.165) is 11.9 Å².